The fourth-order valence-corrected chi connectivity index (χ4v) is 10.7. The van der Waals surface area contributed by atoms with Gasteiger partial charge in [-0.05, 0) is 44.9 Å². The first-order valence-electron chi connectivity index (χ1n) is 32.1. The van der Waals surface area contributed by atoms with Crippen LogP contribution < -0.4 is 5.32 Å². The Morgan fingerprint density at radius 2 is 0.818 bits per heavy atom. The highest BCUT2D eigenvalue weighted by Crippen LogP contribution is 2.30. The second kappa shape index (κ2) is 49.1. The summed E-state index contributed by atoms with van der Waals surface area (Å²) in [4.78, 5) is 13.2. The lowest BCUT2D eigenvalue weighted by Crippen LogP contribution is -2.65. The molecule has 0 aromatic heterocycles. The molecule has 2 fully saturated rings. The van der Waals surface area contributed by atoms with E-state index in [1.807, 2.05) is 6.08 Å². The summed E-state index contributed by atoms with van der Waals surface area (Å²) in [5.41, 5.74) is 0. The van der Waals surface area contributed by atoms with Crippen LogP contribution in [-0.2, 0) is 23.7 Å². The van der Waals surface area contributed by atoms with Crippen molar-refractivity contribution >= 4 is 5.91 Å². The van der Waals surface area contributed by atoms with E-state index in [0.29, 0.717) is 6.42 Å². The first-order valence-corrected chi connectivity index (χ1v) is 32.1. The van der Waals surface area contributed by atoms with Gasteiger partial charge in [0.1, 0.15) is 48.8 Å². The van der Waals surface area contributed by atoms with Crippen LogP contribution in [0.25, 0.3) is 0 Å². The summed E-state index contributed by atoms with van der Waals surface area (Å²) in [6, 6.07) is -0.917. The summed E-state index contributed by atoms with van der Waals surface area (Å²) in [6.45, 7) is 2.81. The maximum Gasteiger partial charge on any atom is 0.220 e. The van der Waals surface area contributed by atoms with Crippen molar-refractivity contribution in [3.8, 4) is 0 Å². The highest BCUT2D eigenvalue weighted by Gasteiger charge is 2.51. The van der Waals surface area contributed by atoms with Crippen molar-refractivity contribution in [1.82, 2.24) is 5.32 Å². The number of hydrogen-bond donors (Lipinski definition) is 9. The molecule has 14 heteroatoms. The molecule has 2 saturated heterocycles. The van der Waals surface area contributed by atoms with Gasteiger partial charge in [0.25, 0.3) is 0 Å². The third-order valence-electron chi connectivity index (χ3n) is 15.9. The van der Waals surface area contributed by atoms with Gasteiger partial charge in [0.05, 0.1) is 32.0 Å². The van der Waals surface area contributed by atoms with Crippen molar-refractivity contribution in [2.45, 2.75) is 351 Å². The predicted molar refractivity (Wildman–Crippen MR) is 309 cm³/mol. The third-order valence-corrected chi connectivity index (χ3v) is 15.9. The highest BCUT2D eigenvalue weighted by atomic mass is 16.7. The van der Waals surface area contributed by atoms with Crippen molar-refractivity contribution in [2.75, 3.05) is 19.8 Å². The normalized spacial score (nSPS) is 24.8. The minimum absolute atomic E-state index is 0.245. The zero-order valence-corrected chi connectivity index (χ0v) is 49.0. The van der Waals surface area contributed by atoms with E-state index in [1.54, 1.807) is 6.08 Å². The molecule has 9 N–H and O–H groups in total. The van der Waals surface area contributed by atoms with Gasteiger partial charge in [-0.15, -0.1) is 0 Å². The predicted octanol–water partition coefficient (Wildman–Crippen LogP) is 11.6. The quantitative estimate of drug-likeness (QED) is 0.0204. The van der Waals surface area contributed by atoms with E-state index in [9.17, 15) is 45.6 Å². The number of hydrogen-bond acceptors (Lipinski definition) is 13. The van der Waals surface area contributed by atoms with Crippen molar-refractivity contribution in [2.24, 2.45) is 0 Å². The monoisotopic (exact) mass is 1100 g/mol. The molecule has 0 aromatic carbocycles. The van der Waals surface area contributed by atoms with E-state index in [-0.39, 0.29) is 18.9 Å². The Labute approximate surface area is 468 Å². The molecular formula is C63H119NO13. The minimum Gasteiger partial charge on any atom is -0.394 e. The Morgan fingerprint density at radius 1 is 0.455 bits per heavy atom. The molecule has 0 saturated carbocycles. The number of carbonyl (C=O) groups excluding carboxylic acids is 1. The summed E-state index contributed by atoms with van der Waals surface area (Å²) < 4.78 is 22.8. The lowest BCUT2D eigenvalue weighted by atomic mass is 9.97. The fourth-order valence-electron chi connectivity index (χ4n) is 10.7. The van der Waals surface area contributed by atoms with Crippen LogP contribution in [0.2, 0.25) is 0 Å². The molecule has 77 heavy (non-hydrogen) atoms. The average molecular weight is 1100 g/mol. The number of rotatable bonds is 52. The number of amides is 1. The molecule has 454 valence electrons. The van der Waals surface area contributed by atoms with Gasteiger partial charge >= 0.3 is 0 Å². The molecule has 2 aliphatic rings. The summed E-state index contributed by atoms with van der Waals surface area (Å²) in [6.07, 6.45) is 42.3. The molecule has 2 aliphatic heterocycles. The average Bonchev–Trinajstić information content (AvgIpc) is 3.44. The zero-order valence-electron chi connectivity index (χ0n) is 49.0. The van der Waals surface area contributed by atoms with Gasteiger partial charge in [0.15, 0.2) is 12.6 Å². The summed E-state index contributed by atoms with van der Waals surface area (Å²) in [5.74, 6) is -0.245. The topological polar surface area (TPSA) is 228 Å². The Morgan fingerprint density at radius 3 is 1.23 bits per heavy atom. The fraction of sp³-hybridized carbons (Fsp3) is 0.921. The van der Waals surface area contributed by atoms with Crippen LogP contribution in [0.5, 0.6) is 0 Å². The van der Waals surface area contributed by atoms with Crippen molar-refractivity contribution in [3.63, 3.8) is 0 Å². The van der Waals surface area contributed by atoms with Crippen LogP contribution in [0.4, 0.5) is 0 Å². The van der Waals surface area contributed by atoms with E-state index < -0.39 is 86.8 Å². The third kappa shape index (κ3) is 34.5. The minimum atomic E-state index is -1.79. The van der Waals surface area contributed by atoms with Crippen LogP contribution in [0, 0.1) is 0 Å². The molecule has 14 nitrogen and oxygen atoms in total. The summed E-state index contributed by atoms with van der Waals surface area (Å²) in [5, 5.41) is 87.2. The van der Waals surface area contributed by atoms with Gasteiger partial charge in [0.2, 0.25) is 5.91 Å². The smallest absolute Gasteiger partial charge is 0.220 e. The van der Waals surface area contributed by atoms with E-state index >= 15 is 0 Å². The molecule has 2 heterocycles. The summed E-state index contributed by atoms with van der Waals surface area (Å²) in [7, 11) is 0. The highest BCUT2D eigenvalue weighted by molar-refractivity contribution is 5.76. The Balaban J connectivity index is 1.70. The molecule has 0 aliphatic carbocycles. The lowest BCUT2D eigenvalue weighted by molar-refractivity contribution is -0.359. The molecular weight excluding hydrogens is 979 g/mol. The number of allylic oxidation sites excluding steroid dienone is 3. The van der Waals surface area contributed by atoms with Gasteiger partial charge in [-0.1, -0.05) is 250 Å². The lowest BCUT2D eigenvalue weighted by Gasteiger charge is -2.46. The molecule has 0 aromatic rings. The van der Waals surface area contributed by atoms with Gasteiger partial charge < -0.3 is 65.1 Å². The van der Waals surface area contributed by atoms with Crippen molar-refractivity contribution in [3.05, 3.63) is 24.3 Å². The van der Waals surface area contributed by atoms with Gasteiger partial charge in [0, 0.05) is 6.42 Å². The zero-order chi connectivity index (χ0) is 56.0. The van der Waals surface area contributed by atoms with E-state index in [4.69, 9.17) is 18.9 Å². The number of unbranched alkanes of at least 4 members (excludes halogenated alkanes) is 37. The Kier molecular flexibility index (Phi) is 45.7. The second-order valence-electron chi connectivity index (χ2n) is 22.9. The van der Waals surface area contributed by atoms with E-state index in [1.165, 1.54) is 193 Å². The number of aliphatic hydroxyl groups excluding tert-OH is 8. The van der Waals surface area contributed by atoms with Gasteiger partial charge in [-0.25, -0.2) is 0 Å². The van der Waals surface area contributed by atoms with Crippen LogP contribution >= 0.6 is 0 Å². The van der Waals surface area contributed by atoms with Crippen molar-refractivity contribution < 1.29 is 64.6 Å². The first-order chi connectivity index (χ1) is 37.6. The van der Waals surface area contributed by atoms with Crippen LogP contribution in [-0.4, -0.2) is 140 Å². The van der Waals surface area contributed by atoms with Crippen molar-refractivity contribution in [1.29, 1.82) is 0 Å². The molecule has 12 unspecified atom stereocenters. The second-order valence-corrected chi connectivity index (χ2v) is 22.9. The molecule has 2 rings (SSSR count). The van der Waals surface area contributed by atoms with Gasteiger partial charge in [-0.2, -0.15) is 0 Å². The molecule has 12 atom stereocenters. The number of aliphatic hydroxyl groups is 8. The Bertz CT molecular complexity index is 1390. The van der Waals surface area contributed by atoms with E-state index in [0.717, 1.165) is 57.8 Å². The largest absolute Gasteiger partial charge is 0.394 e. The van der Waals surface area contributed by atoms with Crippen LogP contribution in [0.3, 0.4) is 0 Å². The molecule has 1 amide bonds. The maximum absolute atomic E-state index is 13.2. The summed E-state index contributed by atoms with van der Waals surface area (Å²) >= 11 is 0. The molecule has 0 spiro atoms. The Hall–Kier alpha value is -1.53. The standard InChI is InChI=1S/C63H119NO13/c1-3-5-7-9-11-13-15-17-19-20-21-22-23-24-25-26-27-28-29-30-31-33-34-36-38-40-42-44-46-52(67)51(64-55(68)47-45-43-41-39-37-35-32-18-16-14-12-10-8-6-4-2)50-74-62-60(73)58(71)61(54(49-66)76-62)77-63-59(72)57(70)56(69)53(48-65)75-63/h18,32,44,46,51-54,56-63,65-67,69-73H,3-17,19-31,33-43,45,47-50H2,1-2H3,(H,64,68)/b32-18-,46-44+. The van der Waals surface area contributed by atoms with Crippen LogP contribution in [0.15, 0.2) is 24.3 Å². The first kappa shape index (κ1) is 71.6. The number of ether oxygens (including phenoxy) is 4. The molecule has 0 bridgehead atoms. The number of nitrogens with one attached hydrogen (secondary N) is 1. The maximum atomic E-state index is 13.2. The molecule has 0 radical (unpaired) electrons. The van der Waals surface area contributed by atoms with E-state index in [2.05, 4.69) is 31.3 Å². The van der Waals surface area contributed by atoms with Gasteiger partial charge in [-0.3, -0.25) is 4.79 Å². The SMILES string of the molecule is CCCCCCCC/C=C\CCCCCCCC(=O)NC(COC1OC(CO)C(OC2OC(CO)C(O)C(O)C2O)C(O)C1O)C(O)/C=C/CCCCCCCCCCCCCCCCCCCCCCCCCCCC. The number of carbonyl (C=O) groups is 1. The van der Waals surface area contributed by atoms with Crippen LogP contribution in [0.1, 0.15) is 277 Å².